The molecule has 3 atom stereocenters. The first-order valence-electron chi connectivity index (χ1n) is 8.66. The molecule has 6 nitrogen and oxygen atoms in total. The number of aliphatic hydroxyl groups excluding tert-OH is 1. The lowest BCUT2D eigenvalue weighted by atomic mass is 10.1. The standard InChI is InChI=1S/C19H26N4O2/c1-12-7-13(2)23(21-12)16-6-4-5-14(8-16)11-22(3)19(25)15-9-17(20)18(24)10-15/h4-8,15,17-18,24H,9-11,20H2,1-3H3/t15-,17-,18-/m0/s1. The number of carbonyl (C=O) groups is 1. The highest BCUT2D eigenvalue weighted by Gasteiger charge is 2.35. The van der Waals surface area contributed by atoms with Crippen LogP contribution >= 0.6 is 0 Å². The number of aliphatic hydroxyl groups is 1. The maximum absolute atomic E-state index is 12.6. The molecule has 1 fully saturated rings. The first kappa shape index (κ1) is 17.6. The Balaban J connectivity index is 1.72. The van der Waals surface area contributed by atoms with E-state index in [0.717, 1.165) is 22.6 Å². The predicted molar refractivity (Wildman–Crippen MR) is 96.2 cm³/mol. The molecule has 134 valence electrons. The number of aromatic nitrogens is 2. The number of benzene rings is 1. The van der Waals surface area contributed by atoms with Gasteiger partial charge >= 0.3 is 0 Å². The van der Waals surface area contributed by atoms with Crippen LogP contribution in [0.15, 0.2) is 30.3 Å². The fourth-order valence-electron chi connectivity index (χ4n) is 3.59. The molecule has 1 aromatic carbocycles. The highest BCUT2D eigenvalue weighted by Crippen LogP contribution is 2.27. The maximum Gasteiger partial charge on any atom is 0.225 e. The second-order valence-corrected chi connectivity index (χ2v) is 7.10. The summed E-state index contributed by atoms with van der Waals surface area (Å²) in [6, 6.07) is 9.80. The van der Waals surface area contributed by atoms with Crippen LogP contribution in [0.2, 0.25) is 0 Å². The minimum Gasteiger partial charge on any atom is -0.391 e. The van der Waals surface area contributed by atoms with Crippen molar-refractivity contribution in [3.63, 3.8) is 0 Å². The van der Waals surface area contributed by atoms with Gasteiger partial charge in [0.25, 0.3) is 0 Å². The predicted octanol–water partition coefficient (Wildman–Crippen LogP) is 1.55. The van der Waals surface area contributed by atoms with E-state index in [1.807, 2.05) is 42.8 Å². The zero-order valence-electron chi connectivity index (χ0n) is 15.0. The third kappa shape index (κ3) is 3.75. The number of hydrogen-bond donors (Lipinski definition) is 2. The Morgan fingerprint density at radius 3 is 2.72 bits per heavy atom. The smallest absolute Gasteiger partial charge is 0.225 e. The fraction of sp³-hybridized carbons (Fsp3) is 0.474. The van der Waals surface area contributed by atoms with Gasteiger partial charge in [-0.05, 0) is 50.5 Å². The van der Waals surface area contributed by atoms with Crippen LogP contribution in [-0.4, -0.2) is 44.9 Å². The van der Waals surface area contributed by atoms with E-state index in [2.05, 4.69) is 11.2 Å². The minimum atomic E-state index is -0.572. The van der Waals surface area contributed by atoms with Crippen LogP contribution in [0.5, 0.6) is 0 Å². The number of nitrogens with zero attached hydrogens (tertiary/aromatic N) is 3. The lowest BCUT2D eigenvalue weighted by Crippen LogP contribution is -2.32. The fourth-order valence-corrected chi connectivity index (χ4v) is 3.59. The molecule has 0 bridgehead atoms. The van der Waals surface area contributed by atoms with Crippen LogP contribution in [0.4, 0.5) is 0 Å². The molecule has 0 spiro atoms. The first-order chi connectivity index (χ1) is 11.8. The van der Waals surface area contributed by atoms with Gasteiger partial charge in [-0.2, -0.15) is 5.10 Å². The van der Waals surface area contributed by atoms with Crippen molar-refractivity contribution in [3.05, 3.63) is 47.3 Å². The SMILES string of the molecule is Cc1cc(C)n(-c2cccc(CN(C)C(=O)[C@H]3C[C@H](N)[C@@H](O)C3)c2)n1. The lowest BCUT2D eigenvalue weighted by Gasteiger charge is -2.21. The van der Waals surface area contributed by atoms with E-state index in [1.54, 1.807) is 11.9 Å². The number of nitrogens with two attached hydrogens (primary N) is 1. The molecule has 1 amide bonds. The van der Waals surface area contributed by atoms with Crippen molar-refractivity contribution in [2.75, 3.05) is 7.05 Å². The van der Waals surface area contributed by atoms with Crippen molar-refractivity contribution in [2.45, 2.75) is 45.4 Å². The summed E-state index contributed by atoms with van der Waals surface area (Å²) in [5.41, 5.74) is 9.92. The van der Waals surface area contributed by atoms with Gasteiger partial charge in [0.2, 0.25) is 5.91 Å². The van der Waals surface area contributed by atoms with Crippen LogP contribution in [0.1, 0.15) is 29.8 Å². The number of carbonyl (C=O) groups excluding carboxylic acids is 1. The highest BCUT2D eigenvalue weighted by molar-refractivity contribution is 5.79. The van der Waals surface area contributed by atoms with Crippen molar-refractivity contribution in [1.82, 2.24) is 14.7 Å². The molecule has 0 saturated heterocycles. The largest absolute Gasteiger partial charge is 0.391 e. The molecule has 6 heteroatoms. The van der Waals surface area contributed by atoms with E-state index >= 15 is 0 Å². The van der Waals surface area contributed by atoms with Crippen LogP contribution < -0.4 is 5.73 Å². The normalized spacial score (nSPS) is 23.0. The molecule has 1 heterocycles. The van der Waals surface area contributed by atoms with Gasteiger partial charge in [0.1, 0.15) is 0 Å². The van der Waals surface area contributed by atoms with E-state index in [-0.39, 0.29) is 17.9 Å². The van der Waals surface area contributed by atoms with E-state index < -0.39 is 6.10 Å². The van der Waals surface area contributed by atoms with Gasteiger partial charge in [0, 0.05) is 31.2 Å². The zero-order chi connectivity index (χ0) is 18.1. The van der Waals surface area contributed by atoms with Gasteiger partial charge < -0.3 is 15.7 Å². The van der Waals surface area contributed by atoms with Gasteiger partial charge in [-0.3, -0.25) is 4.79 Å². The summed E-state index contributed by atoms with van der Waals surface area (Å²) in [6.45, 7) is 4.52. The van der Waals surface area contributed by atoms with Gasteiger partial charge in [-0.15, -0.1) is 0 Å². The molecular formula is C19H26N4O2. The highest BCUT2D eigenvalue weighted by atomic mass is 16.3. The molecule has 1 saturated carbocycles. The molecule has 25 heavy (non-hydrogen) atoms. The lowest BCUT2D eigenvalue weighted by molar-refractivity contribution is -0.134. The summed E-state index contributed by atoms with van der Waals surface area (Å²) < 4.78 is 1.91. The second-order valence-electron chi connectivity index (χ2n) is 7.10. The topological polar surface area (TPSA) is 84.4 Å². The Hall–Kier alpha value is -2.18. The average molecular weight is 342 g/mol. The van der Waals surface area contributed by atoms with Crippen LogP contribution in [0.3, 0.4) is 0 Å². The third-order valence-corrected chi connectivity index (χ3v) is 4.89. The monoisotopic (exact) mass is 342 g/mol. The van der Waals surface area contributed by atoms with E-state index in [4.69, 9.17) is 5.73 Å². The second kappa shape index (κ2) is 6.98. The molecule has 3 rings (SSSR count). The molecule has 1 aliphatic rings. The van der Waals surface area contributed by atoms with Crippen LogP contribution in [0.25, 0.3) is 5.69 Å². The van der Waals surface area contributed by atoms with Crippen molar-refractivity contribution in [1.29, 1.82) is 0 Å². The van der Waals surface area contributed by atoms with Crippen molar-refractivity contribution in [2.24, 2.45) is 11.7 Å². The summed E-state index contributed by atoms with van der Waals surface area (Å²) in [4.78, 5) is 14.3. The summed E-state index contributed by atoms with van der Waals surface area (Å²) in [7, 11) is 1.80. The summed E-state index contributed by atoms with van der Waals surface area (Å²) in [5.74, 6) is -0.141. The molecule has 1 aromatic heterocycles. The Bertz CT molecular complexity index is 761. The molecule has 0 unspecified atom stereocenters. The Morgan fingerprint density at radius 1 is 1.36 bits per heavy atom. The van der Waals surface area contributed by atoms with Crippen LogP contribution in [0, 0.1) is 19.8 Å². The van der Waals surface area contributed by atoms with E-state index in [0.29, 0.717) is 19.4 Å². The quantitative estimate of drug-likeness (QED) is 0.883. The average Bonchev–Trinajstić information content (AvgIpc) is 3.08. The molecule has 0 aliphatic heterocycles. The summed E-state index contributed by atoms with van der Waals surface area (Å²) in [5, 5.41) is 14.3. The van der Waals surface area contributed by atoms with Crippen molar-refractivity contribution < 1.29 is 9.90 Å². The minimum absolute atomic E-state index is 0.0449. The van der Waals surface area contributed by atoms with Gasteiger partial charge in [0.15, 0.2) is 0 Å². The molecule has 2 aromatic rings. The number of aryl methyl sites for hydroxylation is 2. The molecule has 3 N–H and O–H groups in total. The molecule has 0 radical (unpaired) electrons. The van der Waals surface area contributed by atoms with Gasteiger partial charge in [-0.1, -0.05) is 12.1 Å². The number of rotatable bonds is 4. The maximum atomic E-state index is 12.6. The molecule has 1 aliphatic carbocycles. The first-order valence-corrected chi connectivity index (χ1v) is 8.66. The Morgan fingerprint density at radius 2 is 2.12 bits per heavy atom. The Kier molecular flexibility index (Phi) is 4.92. The Labute approximate surface area is 148 Å². The summed E-state index contributed by atoms with van der Waals surface area (Å²) >= 11 is 0. The van der Waals surface area contributed by atoms with Crippen LogP contribution in [-0.2, 0) is 11.3 Å². The van der Waals surface area contributed by atoms with Gasteiger partial charge in [0.05, 0.1) is 17.5 Å². The van der Waals surface area contributed by atoms with E-state index in [1.165, 1.54) is 0 Å². The van der Waals surface area contributed by atoms with Crippen molar-refractivity contribution in [3.8, 4) is 5.69 Å². The van der Waals surface area contributed by atoms with Gasteiger partial charge in [-0.25, -0.2) is 4.68 Å². The van der Waals surface area contributed by atoms with Crippen molar-refractivity contribution >= 4 is 5.91 Å². The van der Waals surface area contributed by atoms with E-state index in [9.17, 15) is 9.90 Å². The number of hydrogen-bond acceptors (Lipinski definition) is 4. The molecular weight excluding hydrogens is 316 g/mol. The zero-order valence-corrected chi connectivity index (χ0v) is 15.0. The summed E-state index contributed by atoms with van der Waals surface area (Å²) in [6.07, 6.45) is 0.434. The number of amides is 1. The third-order valence-electron chi connectivity index (χ3n) is 4.89.